The molecule has 1 atom stereocenters. The summed E-state index contributed by atoms with van der Waals surface area (Å²) >= 11 is 0. The van der Waals surface area contributed by atoms with Crippen LogP contribution in [0.4, 0.5) is 5.69 Å². The molecule has 2 aromatic carbocycles. The van der Waals surface area contributed by atoms with Gasteiger partial charge < -0.3 is 19.2 Å². The number of carbonyl (C=O) groups excluding carboxylic acids is 3. The van der Waals surface area contributed by atoms with Gasteiger partial charge in [0.05, 0.1) is 5.69 Å². The standard InChI is InChI=1S/C27H29N3O6/c1-5-18(4)28-27(33)20-13-36-25(29-20)12-30-21-11-19(7-9-24(21)35-15-26(30)32)22(31)14-34-23-8-6-16(2)10-17(23)3/h6-11,13,18H,5,12,14-15H2,1-4H3,(H,28,33). The van der Waals surface area contributed by atoms with Gasteiger partial charge in [-0.2, -0.15) is 0 Å². The number of aryl methyl sites for hydroxylation is 2. The van der Waals surface area contributed by atoms with Crippen LogP contribution < -0.4 is 19.7 Å². The highest BCUT2D eigenvalue weighted by atomic mass is 16.5. The van der Waals surface area contributed by atoms with Crippen molar-refractivity contribution in [2.45, 2.75) is 46.7 Å². The largest absolute Gasteiger partial charge is 0.485 e. The molecule has 0 radical (unpaired) electrons. The molecule has 0 bridgehead atoms. The first kappa shape index (κ1) is 25.0. The summed E-state index contributed by atoms with van der Waals surface area (Å²) < 4.78 is 16.7. The molecule has 0 aliphatic carbocycles. The van der Waals surface area contributed by atoms with Crippen molar-refractivity contribution in [2.24, 2.45) is 0 Å². The van der Waals surface area contributed by atoms with Crippen LogP contribution in [-0.4, -0.2) is 41.8 Å². The van der Waals surface area contributed by atoms with Crippen molar-refractivity contribution in [1.82, 2.24) is 10.3 Å². The molecule has 0 saturated heterocycles. The second-order valence-corrected chi connectivity index (χ2v) is 8.84. The van der Waals surface area contributed by atoms with Gasteiger partial charge in [0.1, 0.15) is 24.3 Å². The first-order valence-corrected chi connectivity index (χ1v) is 11.8. The highest BCUT2D eigenvalue weighted by molar-refractivity contribution is 6.02. The van der Waals surface area contributed by atoms with Gasteiger partial charge in [0.15, 0.2) is 24.7 Å². The Balaban J connectivity index is 1.49. The number of hydrogen-bond acceptors (Lipinski definition) is 7. The van der Waals surface area contributed by atoms with Crippen LogP contribution in [0.15, 0.2) is 47.1 Å². The molecule has 1 aromatic heterocycles. The molecule has 1 N–H and O–H groups in total. The van der Waals surface area contributed by atoms with E-state index in [0.717, 1.165) is 17.5 Å². The number of amides is 2. The van der Waals surface area contributed by atoms with E-state index in [2.05, 4.69) is 10.3 Å². The van der Waals surface area contributed by atoms with E-state index in [1.807, 2.05) is 45.9 Å². The maximum absolute atomic E-state index is 12.9. The summed E-state index contributed by atoms with van der Waals surface area (Å²) in [6.45, 7) is 7.47. The molecular formula is C27H29N3O6. The molecule has 1 aliphatic heterocycles. The van der Waals surface area contributed by atoms with E-state index in [4.69, 9.17) is 13.9 Å². The zero-order chi connectivity index (χ0) is 25.8. The molecular weight excluding hydrogens is 462 g/mol. The molecule has 3 aromatic rings. The Kier molecular flexibility index (Phi) is 7.38. The molecule has 1 aliphatic rings. The van der Waals surface area contributed by atoms with Crippen molar-refractivity contribution >= 4 is 23.3 Å². The van der Waals surface area contributed by atoms with Crippen molar-refractivity contribution in [2.75, 3.05) is 18.1 Å². The van der Waals surface area contributed by atoms with Crippen LogP contribution in [-0.2, 0) is 11.3 Å². The lowest BCUT2D eigenvalue weighted by atomic mass is 10.1. The maximum atomic E-state index is 12.9. The third-order valence-electron chi connectivity index (χ3n) is 5.98. The maximum Gasteiger partial charge on any atom is 0.273 e. The summed E-state index contributed by atoms with van der Waals surface area (Å²) in [6, 6.07) is 10.6. The summed E-state index contributed by atoms with van der Waals surface area (Å²) in [7, 11) is 0. The third-order valence-corrected chi connectivity index (χ3v) is 5.98. The summed E-state index contributed by atoms with van der Waals surface area (Å²) in [6.07, 6.45) is 2.05. The molecule has 9 nitrogen and oxygen atoms in total. The number of hydrogen-bond donors (Lipinski definition) is 1. The van der Waals surface area contributed by atoms with Crippen LogP contribution in [0.3, 0.4) is 0 Å². The van der Waals surface area contributed by atoms with Gasteiger partial charge in [0, 0.05) is 11.6 Å². The predicted octanol–water partition coefficient (Wildman–Crippen LogP) is 4.01. The summed E-state index contributed by atoms with van der Waals surface area (Å²) in [5, 5.41) is 2.83. The van der Waals surface area contributed by atoms with Crippen molar-refractivity contribution in [3.8, 4) is 11.5 Å². The van der Waals surface area contributed by atoms with Crippen LogP contribution in [0.1, 0.15) is 58.1 Å². The molecule has 2 amide bonds. The quantitative estimate of drug-likeness (QED) is 0.450. The number of nitrogens with one attached hydrogen (secondary N) is 1. The number of carbonyl (C=O) groups is 3. The number of benzene rings is 2. The minimum absolute atomic E-state index is 0.000193. The third kappa shape index (κ3) is 5.56. The number of oxazole rings is 1. The highest BCUT2D eigenvalue weighted by Crippen LogP contribution is 2.34. The SMILES string of the molecule is CCC(C)NC(=O)c1coc(CN2C(=O)COc3ccc(C(=O)COc4ccc(C)cc4C)cc32)n1. The van der Waals surface area contributed by atoms with E-state index in [1.165, 1.54) is 11.2 Å². The number of ketones is 1. The monoisotopic (exact) mass is 491 g/mol. The van der Waals surface area contributed by atoms with Crippen molar-refractivity contribution in [3.05, 3.63) is 70.9 Å². The fourth-order valence-corrected chi connectivity index (χ4v) is 3.76. The molecule has 188 valence electrons. The van der Waals surface area contributed by atoms with Gasteiger partial charge in [-0.1, -0.05) is 24.6 Å². The van der Waals surface area contributed by atoms with Gasteiger partial charge in [0.2, 0.25) is 5.89 Å². The van der Waals surface area contributed by atoms with Crippen LogP contribution in [0.25, 0.3) is 0 Å². The Hall–Kier alpha value is -4.14. The number of anilines is 1. The summed E-state index contributed by atoms with van der Waals surface area (Å²) in [4.78, 5) is 43.5. The fraction of sp³-hybridized carbons (Fsp3) is 0.333. The van der Waals surface area contributed by atoms with Gasteiger partial charge in [-0.05, 0) is 57.0 Å². The van der Waals surface area contributed by atoms with Gasteiger partial charge in [-0.15, -0.1) is 0 Å². The highest BCUT2D eigenvalue weighted by Gasteiger charge is 2.28. The van der Waals surface area contributed by atoms with E-state index in [9.17, 15) is 14.4 Å². The summed E-state index contributed by atoms with van der Waals surface area (Å²) in [5.74, 6) is 0.398. The topological polar surface area (TPSA) is 111 Å². The van der Waals surface area contributed by atoms with Crippen molar-refractivity contribution in [3.63, 3.8) is 0 Å². The number of rotatable bonds is 9. The van der Waals surface area contributed by atoms with Gasteiger partial charge in [-0.25, -0.2) is 4.98 Å². The molecule has 1 unspecified atom stereocenters. The lowest BCUT2D eigenvalue weighted by Crippen LogP contribution is -2.38. The van der Waals surface area contributed by atoms with Crippen LogP contribution >= 0.6 is 0 Å². The minimum atomic E-state index is -0.343. The lowest BCUT2D eigenvalue weighted by molar-refractivity contribution is -0.121. The summed E-state index contributed by atoms with van der Waals surface area (Å²) in [5.41, 5.74) is 3.00. The molecule has 36 heavy (non-hydrogen) atoms. The Morgan fingerprint density at radius 2 is 2.00 bits per heavy atom. The van der Waals surface area contributed by atoms with E-state index in [0.29, 0.717) is 22.7 Å². The molecule has 4 rings (SSSR count). The normalized spacial score (nSPS) is 13.6. The Bertz CT molecular complexity index is 1300. The zero-order valence-electron chi connectivity index (χ0n) is 20.8. The minimum Gasteiger partial charge on any atom is -0.485 e. The lowest BCUT2D eigenvalue weighted by Gasteiger charge is -2.28. The second kappa shape index (κ2) is 10.6. The van der Waals surface area contributed by atoms with Gasteiger partial charge in [0.25, 0.3) is 11.8 Å². The first-order valence-electron chi connectivity index (χ1n) is 11.8. The average molecular weight is 492 g/mol. The molecule has 0 saturated carbocycles. The predicted molar refractivity (Wildman–Crippen MR) is 133 cm³/mol. The van der Waals surface area contributed by atoms with Crippen LogP contribution in [0.5, 0.6) is 11.5 Å². The number of fused-ring (bicyclic) bond motifs is 1. The van der Waals surface area contributed by atoms with Crippen LogP contribution in [0.2, 0.25) is 0 Å². The molecule has 0 fully saturated rings. The van der Waals surface area contributed by atoms with Crippen LogP contribution in [0, 0.1) is 13.8 Å². The van der Waals surface area contributed by atoms with Crippen molar-refractivity contribution < 1.29 is 28.3 Å². The average Bonchev–Trinajstić information content (AvgIpc) is 3.33. The number of aromatic nitrogens is 1. The Labute approximate surface area is 209 Å². The van der Waals surface area contributed by atoms with Gasteiger partial charge >= 0.3 is 0 Å². The second-order valence-electron chi connectivity index (χ2n) is 8.84. The zero-order valence-corrected chi connectivity index (χ0v) is 20.8. The van der Waals surface area contributed by atoms with Gasteiger partial charge in [-0.3, -0.25) is 19.3 Å². The molecule has 2 heterocycles. The van der Waals surface area contributed by atoms with E-state index < -0.39 is 0 Å². The molecule has 0 spiro atoms. The fourth-order valence-electron chi connectivity index (χ4n) is 3.76. The molecule has 9 heteroatoms. The Morgan fingerprint density at radius 3 is 2.75 bits per heavy atom. The van der Waals surface area contributed by atoms with E-state index in [-0.39, 0.29) is 55.0 Å². The number of nitrogens with zero attached hydrogens (tertiary/aromatic N) is 2. The smallest absolute Gasteiger partial charge is 0.273 e. The van der Waals surface area contributed by atoms with Crippen molar-refractivity contribution in [1.29, 1.82) is 0 Å². The van der Waals surface area contributed by atoms with E-state index >= 15 is 0 Å². The Morgan fingerprint density at radius 1 is 1.19 bits per heavy atom. The van der Waals surface area contributed by atoms with E-state index in [1.54, 1.807) is 18.2 Å². The first-order chi connectivity index (χ1) is 17.2. The number of ether oxygens (including phenoxy) is 2. The number of Topliss-reactive ketones (excluding diaryl/α,β-unsaturated/α-hetero) is 1.